The summed E-state index contributed by atoms with van der Waals surface area (Å²) >= 11 is 5.96. The second-order valence-electron chi connectivity index (χ2n) is 4.66. The molecule has 0 amide bonds. The van der Waals surface area contributed by atoms with Gasteiger partial charge in [-0.05, 0) is 38.1 Å². The van der Waals surface area contributed by atoms with Crippen molar-refractivity contribution in [2.75, 3.05) is 0 Å². The van der Waals surface area contributed by atoms with Crippen LogP contribution < -0.4 is 10.6 Å². The van der Waals surface area contributed by atoms with Crippen LogP contribution in [-0.2, 0) is 6.54 Å². The van der Waals surface area contributed by atoms with Crippen molar-refractivity contribution in [1.29, 1.82) is 0 Å². The minimum absolute atomic E-state index is 0.381. The molecule has 2 rings (SSSR count). The molecule has 1 heterocycles. The summed E-state index contributed by atoms with van der Waals surface area (Å²) in [6.45, 7) is 8.80. The lowest BCUT2D eigenvalue weighted by Crippen LogP contribution is -2.30. The van der Waals surface area contributed by atoms with E-state index >= 15 is 0 Å². The Morgan fingerprint density at radius 3 is 2.89 bits per heavy atom. The first-order valence-electron chi connectivity index (χ1n) is 6.01. The second-order valence-corrected chi connectivity index (χ2v) is 5.09. The molecular formula is C14H18ClN3. The first-order valence-corrected chi connectivity index (χ1v) is 6.39. The van der Waals surface area contributed by atoms with Crippen molar-refractivity contribution in [3.63, 3.8) is 0 Å². The zero-order valence-corrected chi connectivity index (χ0v) is 11.4. The first-order chi connectivity index (χ1) is 8.54. The highest BCUT2D eigenvalue weighted by Gasteiger charge is 2.02. The smallest absolute Gasteiger partial charge is 0.0917 e. The Morgan fingerprint density at radius 2 is 2.17 bits per heavy atom. The fraction of sp³-hybridized carbons (Fsp3) is 0.286. The van der Waals surface area contributed by atoms with E-state index in [1.807, 2.05) is 18.2 Å². The van der Waals surface area contributed by atoms with Crippen molar-refractivity contribution in [2.24, 2.45) is 0 Å². The van der Waals surface area contributed by atoms with Crippen LogP contribution in [0, 0.1) is 0 Å². The minimum atomic E-state index is 0.381. The summed E-state index contributed by atoms with van der Waals surface area (Å²) in [4.78, 5) is 3.34. The van der Waals surface area contributed by atoms with E-state index in [1.165, 1.54) is 0 Å². The molecule has 1 aromatic heterocycles. The van der Waals surface area contributed by atoms with E-state index in [-0.39, 0.29) is 0 Å². The Kier molecular flexibility index (Phi) is 3.82. The van der Waals surface area contributed by atoms with E-state index in [4.69, 9.17) is 11.6 Å². The van der Waals surface area contributed by atoms with Gasteiger partial charge in [0.25, 0.3) is 0 Å². The van der Waals surface area contributed by atoms with E-state index in [1.54, 1.807) is 0 Å². The molecular weight excluding hydrogens is 246 g/mol. The van der Waals surface area contributed by atoms with Gasteiger partial charge in [-0.15, -0.1) is 0 Å². The molecule has 0 aliphatic carbocycles. The predicted molar refractivity (Wildman–Crippen MR) is 77.6 cm³/mol. The average Bonchev–Trinajstić information content (AvgIpc) is 2.67. The summed E-state index contributed by atoms with van der Waals surface area (Å²) in [6, 6.07) is 8.31. The molecule has 0 fully saturated rings. The SMILES string of the molecule is C=C(NCc1cc2cc(Cl)ccc2[nH]1)NC(C)C. The number of aromatic amines is 1. The number of benzene rings is 1. The molecule has 0 bridgehead atoms. The maximum atomic E-state index is 5.96. The summed E-state index contributed by atoms with van der Waals surface area (Å²) in [6.07, 6.45) is 0. The molecule has 0 aliphatic heterocycles. The van der Waals surface area contributed by atoms with Crippen LogP contribution in [0.15, 0.2) is 36.7 Å². The van der Waals surface area contributed by atoms with Crippen LogP contribution in [0.4, 0.5) is 0 Å². The van der Waals surface area contributed by atoms with Crippen LogP contribution in [0.25, 0.3) is 10.9 Å². The number of hydrogen-bond donors (Lipinski definition) is 3. The number of fused-ring (bicyclic) bond motifs is 1. The van der Waals surface area contributed by atoms with E-state index in [2.05, 4.69) is 42.1 Å². The maximum Gasteiger partial charge on any atom is 0.0917 e. The van der Waals surface area contributed by atoms with Crippen LogP contribution in [0.3, 0.4) is 0 Å². The molecule has 2 aromatic rings. The Hall–Kier alpha value is -1.61. The van der Waals surface area contributed by atoms with Gasteiger partial charge in [-0.1, -0.05) is 18.2 Å². The molecule has 18 heavy (non-hydrogen) atoms. The third-order valence-corrected chi connectivity index (χ3v) is 2.83. The molecule has 0 saturated heterocycles. The van der Waals surface area contributed by atoms with Gasteiger partial charge in [0, 0.05) is 27.7 Å². The molecule has 96 valence electrons. The summed E-state index contributed by atoms with van der Waals surface area (Å²) in [5, 5.41) is 8.33. The standard InChI is InChI=1S/C14H18ClN3/c1-9(2)17-10(3)16-8-13-7-11-6-12(15)4-5-14(11)18-13/h4-7,9,16-18H,3,8H2,1-2H3. The fourth-order valence-electron chi connectivity index (χ4n) is 1.86. The molecule has 4 heteroatoms. The van der Waals surface area contributed by atoms with E-state index < -0.39 is 0 Å². The Labute approximate surface area is 112 Å². The van der Waals surface area contributed by atoms with Crippen LogP contribution >= 0.6 is 11.6 Å². The van der Waals surface area contributed by atoms with Gasteiger partial charge in [-0.2, -0.15) is 0 Å². The number of H-pyrrole nitrogens is 1. The first kappa shape index (κ1) is 12.8. The van der Waals surface area contributed by atoms with Gasteiger partial charge >= 0.3 is 0 Å². The van der Waals surface area contributed by atoms with Gasteiger partial charge < -0.3 is 15.6 Å². The highest BCUT2D eigenvalue weighted by atomic mass is 35.5. The highest BCUT2D eigenvalue weighted by molar-refractivity contribution is 6.31. The van der Waals surface area contributed by atoms with Crippen molar-refractivity contribution in [3.8, 4) is 0 Å². The lowest BCUT2D eigenvalue weighted by atomic mass is 10.2. The van der Waals surface area contributed by atoms with Gasteiger partial charge in [0.2, 0.25) is 0 Å². The van der Waals surface area contributed by atoms with Crippen LogP contribution in [0.2, 0.25) is 5.02 Å². The molecule has 3 N–H and O–H groups in total. The van der Waals surface area contributed by atoms with Gasteiger partial charge in [-0.3, -0.25) is 0 Å². The number of halogens is 1. The lowest BCUT2D eigenvalue weighted by molar-refractivity contribution is 0.607. The van der Waals surface area contributed by atoms with E-state index in [9.17, 15) is 0 Å². The molecule has 0 unspecified atom stereocenters. The van der Waals surface area contributed by atoms with Crippen molar-refractivity contribution in [2.45, 2.75) is 26.4 Å². The van der Waals surface area contributed by atoms with Crippen molar-refractivity contribution >= 4 is 22.5 Å². The van der Waals surface area contributed by atoms with Crippen molar-refractivity contribution < 1.29 is 0 Å². The fourth-order valence-corrected chi connectivity index (χ4v) is 2.04. The molecule has 0 atom stereocenters. The number of rotatable bonds is 5. The van der Waals surface area contributed by atoms with Gasteiger partial charge in [0.05, 0.1) is 12.4 Å². The number of hydrogen-bond acceptors (Lipinski definition) is 2. The minimum Gasteiger partial charge on any atom is -0.370 e. The molecule has 3 nitrogen and oxygen atoms in total. The van der Waals surface area contributed by atoms with E-state index in [0.717, 1.165) is 27.4 Å². The van der Waals surface area contributed by atoms with Crippen molar-refractivity contribution in [1.82, 2.24) is 15.6 Å². The highest BCUT2D eigenvalue weighted by Crippen LogP contribution is 2.19. The van der Waals surface area contributed by atoms with Crippen molar-refractivity contribution in [3.05, 3.63) is 47.4 Å². The van der Waals surface area contributed by atoms with Crippen LogP contribution in [0.1, 0.15) is 19.5 Å². The maximum absolute atomic E-state index is 5.96. The van der Waals surface area contributed by atoms with Crippen LogP contribution in [-0.4, -0.2) is 11.0 Å². The third-order valence-electron chi connectivity index (χ3n) is 2.59. The van der Waals surface area contributed by atoms with E-state index in [0.29, 0.717) is 12.6 Å². The number of nitrogens with one attached hydrogen (secondary N) is 3. The zero-order valence-electron chi connectivity index (χ0n) is 10.7. The largest absolute Gasteiger partial charge is 0.370 e. The summed E-state index contributed by atoms with van der Waals surface area (Å²) in [5.74, 6) is 0.835. The summed E-state index contributed by atoms with van der Waals surface area (Å²) < 4.78 is 0. The molecule has 0 saturated carbocycles. The Morgan fingerprint density at radius 1 is 1.39 bits per heavy atom. The van der Waals surface area contributed by atoms with Gasteiger partial charge in [0.1, 0.15) is 0 Å². The van der Waals surface area contributed by atoms with Gasteiger partial charge in [0.15, 0.2) is 0 Å². The third kappa shape index (κ3) is 3.20. The molecule has 0 aliphatic rings. The summed E-state index contributed by atoms with van der Waals surface area (Å²) in [5.41, 5.74) is 2.21. The summed E-state index contributed by atoms with van der Waals surface area (Å²) in [7, 11) is 0. The number of aromatic nitrogens is 1. The monoisotopic (exact) mass is 263 g/mol. The zero-order chi connectivity index (χ0) is 13.1. The Bertz CT molecular complexity index is 557. The van der Waals surface area contributed by atoms with Crippen LogP contribution in [0.5, 0.6) is 0 Å². The molecule has 0 spiro atoms. The quantitative estimate of drug-likeness (QED) is 0.774. The lowest BCUT2D eigenvalue weighted by Gasteiger charge is -2.14. The normalized spacial score (nSPS) is 10.9. The van der Waals surface area contributed by atoms with Gasteiger partial charge in [-0.25, -0.2) is 0 Å². The average molecular weight is 264 g/mol. The Balaban J connectivity index is 2.02. The predicted octanol–water partition coefficient (Wildman–Crippen LogP) is 3.38. The second kappa shape index (κ2) is 5.36. The molecule has 1 aromatic carbocycles. The molecule has 0 radical (unpaired) electrons. The topological polar surface area (TPSA) is 39.9 Å².